The molecule has 0 atom stereocenters. The second kappa shape index (κ2) is 7.67. The van der Waals surface area contributed by atoms with E-state index >= 15 is 0 Å². The molecule has 2 aromatic heterocycles. The summed E-state index contributed by atoms with van der Waals surface area (Å²) in [4.78, 5) is 21.7. The first-order chi connectivity index (χ1) is 16.2. The van der Waals surface area contributed by atoms with Crippen LogP contribution in [-0.2, 0) is 4.79 Å². The number of carbonyl (C=O) groups excluding carboxylic acids is 1. The van der Waals surface area contributed by atoms with Gasteiger partial charge in [0.05, 0.1) is 12.1 Å². The minimum Gasteiger partial charge on any atom is -0.345 e. The van der Waals surface area contributed by atoms with Crippen molar-refractivity contribution in [3.8, 4) is 11.3 Å². The zero-order valence-electron chi connectivity index (χ0n) is 17.6. The van der Waals surface area contributed by atoms with Crippen LogP contribution in [0.4, 0.5) is 15.9 Å². The van der Waals surface area contributed by atoms with Crippen molar-refractivity contribution < 1.29 is 9.18 Å². The van der Waals surface area contributed by atoms with E-state index < -0.39 is 0 Å². The quantitative estimate of drug-likeness (QED) is 0.427. The number of carbonyl (C=O) groups is 1. The molecule has 5 aromatic rings. The molecule has 162 valence electrons. The van der Waals surface area contributed by atoms with Crippen LogP contribution in [0.2, 0.25) is 0 Å². The molecule has 6 rings (SSSR count). The summed E-state index contributed by atoms with van der Waals surface area (Å²) in [6.45, 7) is 1.35. The highest BCUT2D eigenvalue weighted by molar-refractivity contribution is 6.00. The molecule has 0 aliphatic carbocycles. The van der Waals surface area contributed by atoms with Gasteiger partial charge in [0, 0.05) is 29.7 Å². The van der Waals surface area contributed by atoms with Crippen LogP contribution in [0.5, 0.6) is 0 Å². The Morgan fingerprint density at radius 1 is 0.848 bits per heavy atom. The van der Waals surface area contributed by atoms with Gasteiger partial charge in [0.1, 0.15) is 17.3 Å². The van der Waals surface area contributed by atoms with Crippen LogP contribution in [0.15, 0.2) is 78.9 Å². The molecule has 0 radical (unpaired) electrons. The van der Waals surface area contributed by atoms with E-state index in [1.165, 1.54) is 6.07 Å². The number of para-hydroxylation sites is 2. The molecule has 0 bridgehead atoms. The molecule has 0 unspecified atom stereocenters. The normalized spacial score (nSPS) is 14.4. The third kappa shape index (κ3) is 3.18. The smallest absolute Gasteiger partial charge is 0.246 e. The van der Waals surface area contributed by atoms with Gasteiger partial charge in [-0.3, -0.25) is 4.79 Å². The first-order valence-corrected chi connectivity index (χ1v) is 10.7. The van der Waals surface area contributed by atoms with Crippen LogP contribution in [0.25, 0.3) is 27.8 Å². The number of amides is 1. The Hall–Kier alpha value is -4.33. The minimum atomic E-state index is -0.386. The highest BCUT2D eigenvalue weighted by Gasteiger charge is 2.28. The number of hydrogen-bond acceptors (Lipinski definition) is 5. The molecule has 1 fully saturated rings. The SMILES string of the molecule is O=C1CN(c2nc3c(-c4ccccc4F)nnn3c3ccccc23)CCN1c1ccccc1. The third-order valence-electron chi connectivity index (χ3n) is 5.95. The van der Waals surface area contributed by atoms with Gasteiger partial charge >= 0.3 is 0 Å². The lowest BCUT2D eigenvalue weighted by atomic mass is 10.1. The number of nitrogens with zero attached hydrogens (tertiary/aromatic N) is 6. The predicted octanol–water partition coefficient (Wildman–Crippen LogP) is 3.94. The van der Waals surface area contributed by atoms with E-state index in [0.29, 0.717) is 35.8 Å². The second-order valence-corrected chi connectivity index (χ2v) is 7.91. The largest absolute Gasteiger partial charge is 0.345 e. The van der Waals surface area contributed by atoms with Crippen molar-refractivity contribution in [1.29, 1.82) is 0 Å². The maximum absolute atomic E-state index is 14.5. The Kier molecular flexibility index (Phi) is 4.50. The van der Waals surface area contributed by atoms with Gasteiger partial charge in [-0.15, -0.1) is 5.10 Å². The van der Waals surface area contributed by atoms with Gasteiger partial charge in [-0.1, -0.05) is 47.7 Å². The number of halogens is 1. The monoisotopic (exact) mass is 438 g/mol. The molecule has 0 saturated carbocycles. The zero-order valence-corrected chi connectivity index (χ0v) is 17.6. The van der Waals surface area contributed by atoms with Crippen molar-refractivity contribution in [2.75, 3.05) is 29.4 Å². The molecule has 1 aliphatic rings. The van der Waals surface area contributed by atoms with Crippen LogP contribution in [0.3, 0.4) is 0 Å². The van der Waals surface area contributed by atoms with Crippen molar-refractivity contribution in [2.45, 2.75) is 0 Å². The number of piperazine rings is 1. The molecule has 33 heavy (non-hydrogen) atoms. The van der Waals surface area contributed by atoms with Gasteiger partial charge < -0.3 is 9.80 Å². The van der Waals surface area contributed by atoms with Gasteiger partial charge in [0.15, 0.2) is 5.65 Å². The zero-order chi connectivity index (χ0) is 22.4. The van der Waals surface area contributed by atoms with E-state index in [1.807, 2.05) is 59.5 Å². The summed E-state index contributed by atoms with van der Waals surface area (Å²) >= 11 is 0. The minimum absolute atomic E-state index is 0.000774. The number of hydrogen-bond donors (Lipinski definition) is 0. The fourth-order valence-electron chi connectivity index (χ4n) is 4.35. The van der Waals surface area contributed by atoms with Crippen LogP contribution < -0.4 is 9.80 Å². The van der Waals surface area contributed by atoms with Crippen molar-refractivity contribution in [2.24, 2.45) is 0 Å². The summed E-state index contributed by atoms with van der Waals surface area (Å²) in [5.41, 5.74) is 2.84. The standard InChI is InChI=1S/C25H19FN6O/c26-20-12-6-4-10-18(20)23-25-27-24(19-11-5-7-13-21(19)32(25)29-28-23)30-14-15-31(22(33)16-30)17-8-2-1-3-9-17/h1-13H,14-16H2. The lowest BCUT2D eigenvalue weighted by molar-refractivity contribution is -0.117. The Morgan fingerprint density at radius 2 is 1.61 bits per heavy atom. The van der Waals surface area contributed by atoms with Crippen LogP contribution in [0.1, 0.15) is 0 Å². The Labute approximate surface area is 188 Å². The van der Waals surface area contributed by atoms with E-state index in [4.69, 9.17) is 4.98 Å². The molecule has 8 heteroatoms. The van der Waals surface area contributed by atoms with Gasteiger partial charge in [0.2, 0.25) is 5.91 Å². The molecule has 3 heterocycles. The van der Waals surface area contributed by atoms with Gasteiger partial charge in [0.25, 0.3) is 0 Å². The van der Waals surface area contributed by atoms with Gasteiger partial charge in [-0.05, 0) is 36.4 Å². The van der Waals surface area contributed by atoms with Gasteiger partial charge in [-0.2, -0.15) is 4.52 Å². The fourth-order valence-corrected chi connectivity index (χ4v) is 4.35. The van der Waals surface area contributed by atoms with E-state index in [2.05, 4.69) is 10.3 Å². The van der Waals surface area contributed by atoms with E-state index in [-0.39, 0.29) is 18.3 Å². The average molecular weight is 438 g/mol. The predicted molar refractivity (Wildman–Crippen MR) is 125 cm³/mol. The highest BCUT2D eigenvalue weighted by atomic mass is 19.1. The number of aromatic nitrogens is 4. The summed E-state index contributed by atoms with van der Waals surface area (Å²) in [5.74, 6) is 0.279. The van der Waals surface area contributed by atoms with Crippen molar-refractivity contribution in [3.63, 3.8) is 0 Å². The first kappa shape index (κ1) is 19.4. The van der Waals surface area contributed by atoms with E-state index in [9.17, 15) is 9.18 Å². The number of rotatable bonds is 3. The Balaban J connectivity index is 1.46. The molecule has 0 N–H and O–H groups in total. The van der Waals surface area contributed by atoms with Crippen LogP contribution >= 0.6 is 0 Å². The fraction of sp³-hybridized carbons (Fsp3) is 0.120. The van der Waals surface area contributed by atoms with Crippen LogP contribution in [0, 0.1) is 5.82 Å². The third-order valence-corrected chi connectivity index (χ3v) is 5.95. The topological polar surface area (TPSA) is 66.6 Å². The number of anilines is 2. The van der Waals surface area contributed by atoms with Crippen molar-refractivity contribution >= 4 is 34.0 Å². The Morgan fingerprint density at radius 3 is 2.42 bits per heavy atom. The molecular weight excluding hydrogens is 419 g/mol. The summed E-state index contributed by atoms with van der Waals surface area (Å²) in [6, 6.07) is 23.8. The molecule has 0 spiro atoms. The summed E-state index contributed by atoms with van der Waals surface area (Å²) in [6.07, 6.45) is 0. The first-order valence-electron chi connectivity index (χ1n) is 10.7. The van der Waals surface area contributed by atoms with Crippen molar-refractivity contribution in [1.82, 2.24) is 19.8 Å². The number of fused-ring (bicyclic) bond motifs is 3. The molecule has 7 nitrogen and oxygen atoms in total. The van der Waals surface area contributed by atoms with Crippen molar-refractivity contribution in [3.05, 3.63) is 84.7 Å². The second-order valence-electron chi connectivity index (χ2n) is 7.91. The Bertz CT molecular complexity index is 1500. The molecular formula is C25H19FN6O. The highest BCUT2D eigenvalue weighted by Crippen LogP contribution is 2.31. The summed E-state index contributed by atoms with van der Waals surface area (Å²) in [5, 5.41) is 9.36. The maximum Gasteiger partial charge on any atom is 0.246 e. The molecule has 1 saturated heterocycles. The lowest BCUT2D eigenvalue weighted by Gasteiger charge is -2.35. The summed E-state index contributed by atoms with van der Waals surface area (Å²) < 4.78 is 16.2. The van der Waals surface area contributed by atoms with Gasteiger partial charge in [-0.25, -0.2) is 9.37 Å². The molecule has 1 amide bonds. The molecule has 3 aromatic carbocycles. The van der Waals surface area contributed by atoms with E-state index in [0.717, 1.165) is 16.6 Å². The molecule has 1 aliphatic heterocycles. The maximum atomic E-state index is 14.5. The van der Waals surface area contributed by atoms with Crippen LogP contribution in [-0.4, -0.2) is 45.4 Å². The number of benzene rings is 3. The van der Waals surface area contributed by atoms with E-state index in [1.54, 1.807) is 27.6 Å². The average Bonchev–Trinajstić information content (AvgIpc) is 3.28. The summed E-state index contributed by atoms with van der Waals surface area (Å²) in [7, 11) is 0. The lowest BCUT2D eigenvalue weighted by Crippen LogP contribution is -2.51.